The van der Waals surface area contributed by atoms with E-state index in [1.807, 2.05) is 47.3 Å². The van der Waals surface area contributed by atoms with Crippen LogP contribution in [0.25, 0.3) is 6.08 Å². The molecular formula is C20H30N2O5Si. The molecule has 0 heterocycles. The van der Waals surface area contributed by atoms with Crippen molar-refractivity contribution in [1.29, 1.82) is 5.26 Å². The van der Waals surface area contributed by atoms with Gasteiger partial charge in [0.05, 0.1) is 17.1 Å². The molecule has 0 N–H and O–H groups in total. The zero-order valence-corrected chi connectivity index (χ0v) is 18.6. The molecule has 0 saturated heterocycles. The van der Waals surface area contributed by atoms with Gasteiger partial charge in [0, 0.05) is 12.1 Å². The first-order valence-electron chi connectivity index (χ1n) is 9.24. The molecule has 1 unspecified atom stereocenters. The van der Waals surface area contributed by atoms with E-state index in [4.69, 9.17) is 13.9 Å². The summed E-state index contributed by atoms with van der Waals surface area (Å²) < 4.78 is 18.1. The summed E-state index contributed by atoms with van der Waals surface area (Å²) in [6.07, 6.45) is 2.07. The maximum absolute atomic E-state index is 10.8. The van der Waals surface area contributed by atoms with Crippen LogP contribution in [0.1, 0.15) is 33.3 Å². The second-order valence-corrected chi connectivity index (χ2v) is 12.4. The van der Waals surface area contributed by atoms with E-state index < -0.39 is 25.1 Å². The van der Waals surface area contributed by atoms with Gasteiger partial charge in [0.15, 0.2) is 8.32 Å². The Labute approximate surface area is 168 Å². The van der Waals surface area contributed by atoms with Crippen LogP contribution in [0.4, 0.5) is 5.69 Å². The van der Waals surface area contributed by atoms with Gasteiger partial charge in [0.25, 0.3) is 5.69 Å². The van der Waals surface area contributed by atoms with Gasteiger partial charge in [-0.05, 0) is 71.1 Å². The number of hydrogen-bond donors (Lipinski definition) is 0. The largest absolute Gasteiger partial charge is 0.393 e. The number of rotatable bonds is 10. The van der Waals surface area contributed by atoms with Crippen LogP contribution in [-0.2, 0) is 13.9 Å². The molecule has 1 atom stereocenters. The van der Waals surface area contributed by atoms with Crippen molar-refractivity contribution in [2.24, 2.45) is 0 Å². The van der Waals surface area contributed by atoms with Crippen molar-refractivity contribution in [2.45, 2.75) is 71.4 Å². The van der Waals surface area contributed by atoms with E-state index in [0.717, 1.165) is 0 Å². The Hall–Kier alpha value is -2.05. The number of nitro benzene ring substituents is 1. The van der Waals surface area contributed by atoms with Crippen molar-refractivity contribution in [1.82, 2.24) is 0 Å². The Morgan fingerprint density at radius 3 is 1.96 bits per heavy atom. The molecule has 1 aromatic rings. The lowest BCUT2D eigenvalue weighted by Gasteiger charge is -2.38. The summed E-state index contributed by atoms with van der Waals surface area (Å²) in [5, 5.41) is 20.9. The summed E-state index contributed by atoms with van der Waals surface area (Å²) in [6, 6.07) is 8.32. The summed E-state index contributed by atoms with van der Waals surface area (Å²) in [5.41, 5.74) is -0.732. The Morgan fingerprint density at radius 1 is 1.11 bits per heavy atom. The number of ether oxygens (including phenoxy) is 2. The molecule has 0 aliphatic carbocycles. The third-order valence-corrected chi connectivity index (χ3v) is 4.37. The van der Waals surface area contributed by atoms with E-state index in [0.29, 0.717) is 5.56 Å². The number of non-ortho nitro benzene ring substituents is 1. The minimum Gasteiger partial charge on any atom is -0.393 e. The van der Waals surface area contributed by atoms with Crippen LogP contribution in [0, 0.1) is 21.4 Å². The van der Waals surface area contributed by atoms with E-state index in [9.17, 15) is 15.4 Å². The Morgan fingerprint density at radius 2 is 1.61 bits per heavy atom. The molecule has 0 aliphatic heterocycles. The summed E-state index contributed by atoms with van der Waals surface area (Å²) in [7, 11) is -2.16. The summed E-state index contributed by atoms with van der Waals surface area (Å²) in [6.45, 7) is 13.4. The van der Waals surface area contributed by atoms with Gasteiger partial charge in [-0.15, -0.1) is 0 Å². The van der Waals surface area contributed by atoms with Gasteiger partial charge < -0.3 is 13.9 Å². The maximum atomic E-state index is 10.8. The average Bonchev–Trinajstić information content (AvgIpc) is 2.56. The second kappa shape index (κ2) is 9.93. The van der Waals surface area contributed by atoms with Gasteiger partial charge in [-0.25, -0.2) is 0 Å². The second-order valence-electron chi connectivity index (χ2n) is 8.00. The Bertz CT molecular complexity index is 710. The third kappa shape index (κ3) is 7.52. The van der Waals surface area contributed by atoms with Gasteiger partial charge in [-0.2, -0.15) is 5.26 Å². The van der Waals surface area contributed by atoms with Crippen molar-refractivity contribution in [3.63, 3.8) is 0 Å². The molecule has 7 nitrogen and oxygen atoms in total. The van der Waals surface area contributed by atoms with Crippen molar-refractivity contribution in [2.75, 3.05) is 0 Å². The van der Waals surface area contributed by atoms with E-state index in [2.05, 4.69) is 6.07 Å². The smallest absolute Gasteiger partial charge is 0.269 e. The lowest BCUT2D eigenvalue weighted by molar-refractivity contribution is -0.384. The summed E-state index contributed by atoms with van der Waals surface area (Å²) in [5.74, 6) is 0. The topological polar surface area (TPSA) is 94.6 Å². The highest BCUT2D eigenvalue weighted by Crippen LogP contribution is 2.29. The van der Waals surface area contributed by atoms with Gasteiger partial charge in [0.1, 0.15) is 6.07 Å². The van der Waals surface area contributed by atoms with E-state index in [-0.39, 0.29) is 17.9 Å². The molecule has 28 heavy (non-hydrogen) atoms. The highest BCUT2D eigenvalue weighted by molar-refractivity contribution is 6.69. The molecule has 0 bridgehead atoms. The molecule has 0 aliphatic rings. The standard InChI is InChI=1S/C20H30N2O5Si/c1-15(2)25-19(26-16(3)4)20(14-21,27-28(5,6)7)13-12-17-8-10-18(11-9-17)22(23)24/h8-13,15-16,19H,1-7H3/b13-12+. The van der Waals surface area contributed by atoms with Crippen LogP contribution < -0.4 is 0 Å². The molecule has 1 rings (SSSR count). The van der Waals surface area contributed by atoms with Crippen LogP contribution in [0.3, 0.4) is 0 Å². The maximum Gasteiger partial charge on any atom is 0.269 e. The molecule has 0 spiro atoms. The molecule has 0 saturated carbocycles. The van der Waals surface area contributed by atoms with E-state index in [1.54, 1.807) is 24.3 Å². The molecule has 8 heteroatoms. The monoisotopic (exact) mass is 406 g/mol. The number of hydrogen-bond acceptors (Lipinski definition) is 6. The fourth-order valence-electron chi connectivity index (χ4n) is 2.44. The average molecular weight is 407 g/mol. The summed E-state index contributed by atoms with van der Waals surface area (Å²) in [4.78, 5) is 10.4. The Kier molecular flexibility index (Phi) is 8.51. The van der Waals surface area contributed by atoms with Crippen LogP contribution in [0.2, 0.25) is 19.6 Å². The van der Waals surface area contributed by atoms with Crippen molar-refractivity contribution < 1.29 is 18.8 Å². The third-order valence-electron chi connectivity index (χ3n) is 3.42. The number of nitriles is 1. The molecule has 1 aromatic carbocycles. The van der Waals surface area contributed by atoms with Gasteiger partial charge >= 0.3 is 0 Å². The zero-order chi connectivity index (χ0) is 21.5. The lowest BCUT2D eigenvalue weighted by Crippen LogP contribution is -2.52. The number of benzene rings is 1. The van der Waals surface area contributed by atoms with Crippen molar-refractivity contribution in [3.8, 4) is 6.07 Å². The summed E-state index contributed by atoms with van der Waals surface area (Å²) >= 11 is 0. The minimum atomic E-state index is -2.16. The molecular weight excluding hydrogens is 376 g/mol. The van der Waals surface area contributed by atoms with Crippen LogP contribution in [-0.4, -0.2) is 37.3 Å². The molecule has 0 radical (unpaired) electrons. The fraction of sp³-hybridized carbons (Fsp3) is 0.550. The van der Waals surface area contributed by atoms with Crippen LogP contribution >= 0.6 is 0 Å². The normalized spacial score (nSPS) is 14.6. The van der Waals surface area contributed by atoms with Gasteiger partial charge in [-0.1, -0.05) is 6.08 Å². The molecule has 154 valence electrons. The lowest BCUT2D eigenvalue weighted by atomic mass is 10.0. The molecule has 0 aromatic heterocycles. The SMILES string of the molecule is CC(C)OC(OC(C)C)C(C#N)(/C=C/c1ccc([N+](=O)[O-])cc1)O[Si](C)(C)C. The first-order chi connectivity index (χ1) is 12.9. The van der Waals surface area contributed by atoms with Crippen molar-refractivity contribution >= 4 is 20.1 Å². The van der Waals surface area contributed by atoms with Crippen molar-refractivity contribution in [3.05, 3.63) is 46.0 Å². The number of nitrogens with zero attached hydrogens (tertiary/aromatic N) is 2. The van der Waals surface area contributed by atoms with Gasteiger partial charge in [0.2, 0.25) is 11.9 Å². The highest BCUT2D eigenvalue weighted by atomic mass is 28.4. The van der Waals surface area contributed by atoms with Gasteiger partial charge in [-0.3, -0.25) is 10.1 Å². The first-order valence-corrected chi connectivity index (χ1v) is 12.7. The predicted molar refractivity (Wildman–Crippen MR) is 111 cm³/mol. The van der Waals surface area contributed by atoms with E-state index >= 15 is 0 Å². The first kappa shape index (κ1) is 24.0. The quantitative estimate of drug-likeness (QED) is 0.237. The van der Waals surface area contributed by atoms with E-state index in [1.165, 1.54) is 12.1 Å². The Balaban J connectivity index is 3.35. The molecule has 0 amide bonds. The highest BCUT2D eigenvalue weighted by Gasteiger charge is 2.44. The van der Waals surface area contributed by atoms with Crippen LogP contribution in [0.5, 0.6) is 0 Å². The van der Waals surface area contributed by atoms with Crippen LogP contribution in [0.15, 0.2) is 30.3 Å². The predicted octanol–water partition coefficient (Wildman–Crippen LogP) is 4.90. The minimum absolute atomic E-state index is 0.00574. The molecule has 0 fully saturated rings. The number of nitro groups is 1. The zero-order valence-electron chi connectivity index (χ0n) is 17.6. The fourth-order valence-corrected chi connectivity index (χ4v) is 3.66.